The van der Waals surface area contributed by atoms with Crippen LogP contribution in [-0.4, -0.2) is 25.3 Å². The number of amides is 2. The van der Waals surface area contributed by atoms with Crippen molar-refractivity contribution in [3.63, 3.8) is 0 Å². The first-order valence-electron chi connectivity index (χ1n) is 12.7. The van der Waals surface area contributed by atoms with Crippen LogP contribution in [0.5, 0.6) is 0 Å². The van der Waals surface area contributed by atoms with Crippen molar-refractivity contribution < 1.29 is 9.18 Å². The van der Waals surface area contributed by atoms with Crippen LogP contribution in [0.1, 0.15) is 39.7 Å². The van der Waals surface area contributed by atoms with E-state index in [1.165, 1.54) is 12.1 Å². The number of hydrogen-bond acceptors (Lipinski definition) is 2. The van der Waals surface area contributed by atoms with Crippen LogP contribution in [-0.2, 0) is 13.1 Å². The Bertz CT molecular complexity index is 1590. The quantitative estimate of drug-likeness (QED) is 0.315. The van der Waals surface area contributed by atoms with E-state index in [1.807, 2.05) is 59.1 Å². The van der Waals surface area contributed by atoms with Crippen LogP contribution in [0.2, 0.25) is 0 Å². The number of nitrogens with zero attached hydrogens (tertiary/aromatic N) is 4. The van der Waals surface area contributed by atoms with Gasteiger partial charge >= 0.3 is 6.03 Å². The zero-order chi connectivity index (χ0) is 26.2. The van der Waals surface area contributed by atoms with Crippen molar-refractivity contribution in [2.75, 3.05) is 0 Å². The molecule has 0 aliphatic carbocycles. The molecule has 1 N–H and O–H groups in total. The second-order valence-electron chi connectivity index (χ2n) is 9.66. The fourth-order valence-electron chi connectivity index (χ4n) is 5.13. The smallest absolute Gasteiger partial charge is 0.318 e. The van der Waals surface area contributed by atoms with Gasteiger partial charge in [-0.15, -0.1) is 0 Å². The minimum absolute atomic E-state index is 0.202. The lowest BCUT2D eigenvalue weighted by molar-refractivity contribution is 0.180. The number of hydrogen-bond donors (Lipinski definition) is 1. The molecule has 3 aromatic carbocycles. The standard InChI is InChI=1S/C31H28FN5O/c1-21-10-14-24(15-11-21)29-28-9-6-18-35(28)30-27(22(2)34-37(30)26-7-4-3-5-8-26)20-36(29)31(38)33-19-23-12-16-25(32)17-13-23/h3-18,29H,19-20H2,1-2H3,(H,33,38)/t29-/m1/s1. The van der Waals surface area contributed by atoms with E-state index in [0.717, 1.165) is 45.1 Å². The molecule has 6 nitrogen and oxygen atoms in total. The minimum Gasteiger partial charge on any atom is -0.334 e. The summed E-state index contributed by atoms with van der Waals surface area (Å²) in [4.78, 5) is 15.7. The first-order valence-corrected chi connectivity index (χ1v) is 12.7. The van der Waals surface area contributed by atoms with E-state index in [9.17, 15) is 9.18 Å². The largest absolute Gasteiger partial charge is 0.334 e. The third kappa shape index (κ3) is 4.26. The van der Waals surface area contributed by atoms with Gasteiger partial charge in [-0.2, -0.15) is 5.10 Å². The number of halogens is 1. The summed E-state index contributed by atoms with van der Waals surface area (Å²) in [6, 6.07) is 28.1. The SMILES string of the molecule is Cc1ccc([C@@H]2c3cccn3-c3c(c(C)nn3-c3ccccc3)CN2C(=O)NCc2ccc(F)cc2)cc1. The van der Waals surface area contributed by atoms with E-state index in [0.29, 0.717) is 13.1 Å². The maximum Gasteiger partial charge on any atom is 0.318 e. The summed E-state index contributed by atoms with van der Waals surface area (Å²) in [6.45, 7) is 4.72. The lowest BCUT2D eigenvalue weighted by Crippen LogP contribution is -2.41. The Balaban J connectivity index is 1.47. The van der Waals surface area contributed by atoms with Gasteiger partial charge < -0.3 is 14.8 Å². The first kappa shape index (κ1) is 23.7. The van der Waals surface area contributed by atoms with Crippen LogP contribution < -0.4 is 5.32 Å². The molecule has 2 amide bonds. The van der Waals surface area contributed by atoms with Crippen LogP contribution in [0.3, 0.4) is 0 Å². The average molecular weight is 506 g/mol. The molecule has 0 fully saturated rings. The van der Waals surface area contributed by atoms with Gasteiger partial charge in [-0.1, -0.05) is 60.2 Å². The predicted molar refractivity (Wildman–Crippen MR) is 145 cm³/mol. The van der Waals surface area contributed by atoms with Gasteiger partial charge in [-0.05, 0) is 61.4 Å². The highest BCUT2D eigenvalue weighted by molar-refractivity contribution is 5.76. The number of nitrogens with one attached hydrogen (secondary N) is 1. The molecular weight excluding hydrogens is 477 g/mol. The van der Waals surface area contributed by atoms with E-state index < -0.39 is 0 Å². The number of fused-ring (bicyclic) bond motifs is 3. The summed E-state index contributed by atoms with van der Waals surface area (Å²) in [5.74, 6) is 0.630. The molecular formula is C31H28FN5O. The van der Waals surface area contributed by atoms with E-state index in [2.05, 4.69) is 47.1 Å². The summed E-state index contributed by atoms with van der Waals surface area (Å²) in [5, 5.41) is 7.96. The second-order valence-corrected chi connectivity index (χ2v) is 9.66. The maximum atomic E-state index is 13.9. The van der Waals surface area contributed by atoms with E-state index in [4.69, 9.17) is 5.10 Å². The van der Waals surface area contributed by atoms with Crippen LogP contribution in [0.4, 0.5) is 9.18 Å². The van der Waals surface area contributed by atoms with E-state index in [-0.39, 0.29) is 17.9 Å². The Labute approximate surface area is 221 Å². The molecule has 0 radical (unpaired) electrons. The van der Waals surface area contributed by atoms with E-state index in [1.54, 1.807) is 12.1 Å². The molecule has 2 aromatic heterocycles. The van der Waals surface area contributed by atoms with E-state index >= 15 is 0 Å². The molecule has 0 spiro atoms. The summed E-state index contributed by atoms with van der Waals surface area (Å²) < 4.78 is 17.5. The molecule has 0 saturated carbocycles. The molecule has 6 rings (SSSR count). The highest BCUT2D eigenvalue weighted by Gasteiger charge is 2.35. The van der Waals surface area contributed by atoms with Gasteiger partial charge in [0.25, 0.3) is 0 Å². The highest BCUT2D eigenvalue weighted by Crippen LogP contribution is 2.38. The van der Waals surface area contributed by atoms with Crippen molar-refractivity contribution in [2.45, 2.75) is 33.0 Å². The van der Waals surface area contributed by atoms with Gasteiger partial charge in [0, 0.05) is 18.3 Å². The molecule has 190 valence electrons. The van der Waals surface area contributed by atoms with Crippen LogP contribution >= 0.6 is 0 Å². The number of rotatable bonds is 4. The molecule has 1 aliphatic heterocycles. The van der Waals surface area contributed by atoms with Crippen LogP contribution in [0.25, 0.3) is 11.5 Å². The zero-order valence-electron chi connectivity index (χ0n) is 21.3. The number of benzene rings is 3. The third-order valence-corrected chi connectivity index (χ3v) is 7.10. The minimum atomic E-state index is -0.324. The Kier molecular flexibility index (Phi) is 6.04. The zero-order valence-corrected chi connectivity index (χ0v) is 21.3. The Morgan fingerprint density at radius 1 is 0.947 bits per heavy atom. The van der Waals surface area contributed by atoms with Crippen molar-refractivity contribution in [1.82, 2.24) is 24.6 Å². The Morgan fingerprint density at radius 2 is 1.68 bits per heavy atom. The predicted octanol–water partition coefficient (Wildman–Crippen LogP) is 6.23. The van der Waals surface area contributed by atoms with Crippen molar-refractivity contribution in [1.29, 1.82) is 0 Å². The number of urea groups is 1. The average Bonchev–Trinajstić information content (AvgIpc) is 3.50. The highest BCUT2D eigenvalue weighted by atomic mass is 19.1. The summed E-state index contributed by atoms with van der Waals surface area (Å²) >= 11 is 0. The second kappa shape index (κ2) is 9.67. The molecule has 7 heteroatoms. The van der Waals surface area contributed by atoms with Gasteiger partial charge in [-0.25, -0.2) is 13.9 Å². The lowest BCUT2D eigenvalue weighted by Gasteiger charge is -2.31. The molecule has 0 saturated heterocycles. The first-order chi connectivity index (χ1) is 18.5. The molecule has 0 unspecified atom stereocenters. The third-order valence-electron chi connectivity index (χ3n) is 7.10. The summed E-state index contributed by atoms with van der Waals surface area (Å²) in [6.07, 6.45) is 2.04. The van der Waals surface area contributed by atoms with Crippen molar-refractivity contribution >= 4 is 6.03 Å². The number of para-hydroxylation sites is 1. The van der Waals surface area contributed by atoms with Gasteiger partial charge in [0.15, 0.2) is 0 Å². The number of carbonyl (C=O) groups is 1. The Hall–Kier alpha value is -4.65. The molecule has 3 heterocycles. The molecule has 1 aliphatic rings. The summed E-state index contributed by atoms with van der Waals surface area (Å²) in [5.41, 5.74) is 6.79. The number of aryl methyl sites for hydroxylation is 2. The van der Waals surface area contributed by atoms with Gasteiger partial charge in [0.05, 0.1) is 29.7 Å². The fourth-order valence-corrected chi connectivity index (χ4v) is 5.13. The Morgan fingerprint density at radius 3 is 2.42 bits per heavy atom. The van der Waals surface area contributed by atoms with Crippen LogP contribution in [0, 0.1) is 19.7 Å². The molecule has 5 aromatic rings. The van der Waals surface area contributed by atoms with Gasteiger partial charge in [-0.3, -0.25) is 0 Å². The van der Waals surface area contributed by atoms with Gasteiger partial charge in [0.2, 0.25) is 0 Å². The number of aromatic nitrogens is 3. The molecule has 0 bridgehead atoms. The maximum absolute atomic E-state index is 13.9. The monoisotopic (exact) mass is 505 g/mol. The number of carbonyl (C=O) groups excluding carboxylic acids is 1. The summed E-state index contributed by atoms with van der Waals surface area (Å²) in [7, 11) is 0. The normalized spacial score (nSPS) is 14.5. The fraction of sp³-hybridized carbons (Fsp3) is 0.161. The lowest BCUT2D eigenvalue weighted by atomic mass is 10.0. The van der Waals surface area contributed by atoms with Crippen molar-refractivity contribution in [2.24, 2.45) is 0 Å². The van der Waals surface area contributed by atoms with Crippen LogP contribution in [0.15, 0.2) is 97.2 Å². The van der Waals surface area contributed by atoms with Crippen molar-refractivity contribution in [3.05, 3.63) is 137 Å². The molecule has 1 atom stereocenters. The van der Waals surface area contributed by atoms with Gasteiger partial charge in [0.1, 0.15) is 11.6 Å². The topological polar surface area (TPSA) is 55.1 Å². The molecule has 38 heavy (non-hydrogen) atoms. The van der Waals surface area contributed by atoms with Crippen molar-refractivity contribution in [3.8, 4) is 11.5 Å².